The zero-order chi connectivity index (χ0) is 14.8. The smallest absolute Gasteiger partial charge is 0.189 e. The van der Waals surface area contributed by atoms with Crippen LogP contribution in [0.4, 0.5) is 5.69 Å². The minimum absolute atomic E-state index is 0.612. The fourth-order valence-electron chi connectivity index (χ4n) is 2.13. The van der Waals surface area contributed by atoms with Gasteiger partial charge in [0.15, 0.2) is 5.82 Å². The van der Waals surface area contributed by atoms with E-state index in [1.165, 1.54) is 0 Å². The van der Waals surface area contributed by atoms with Gasteiger partial charge in [-0.25, -0.2) is 0 Å². The molecule has 1 aromatic heterocycles. The number of hydrogen-bond acceptors (Lipinski definition) is 5. The van der Waals surface area contributed by atoms with Crippen molar-refractivity contribution in [3.63, 3.8) is 0 Å². The van der Waals surface area contributed by atoms with Crippen molar-refractivity contribution in [2.24, 2.45) is 0 Å². The molecule has 6 nitrogen and oxygen atoms in total. The molecule has 0 fully saturated rings. The molecule has 0 saturated heterocycles. The molecular weight excluding hydrogens is 266 g/mol. The molecule has 6 heteroatoms. The zero-order valence-corrected chi connectivity index (χ0v) is 11.8. The Morgan fingerprint density at radius 1 is 1.10 bits per heavy atom. The van der Waals surface area contributed by atoms with Gasteiger partial charge in [0.2, 0.25) is 0 Å². The summed E-state index contributed by atoms with van der Waals surface area (Å²) in [6.07, 6.45) is 0. The number of ether oxygens (including phenoxy) is 1. The van der Waals surface area contributed by atoms with Crippen LogP contribution in [-0.4, -0.2) is 27.3 Å². The largest absolute Gasteiger partial charge is 0.497 e. The van der Waals surface area contributed by atoms with Crippen molar-refractivity contribution in [1.82, 2.24) is 20.2 Å². The Bertz CT molecular complexity index is 764. The number of aromatic nitrogens is 4. The Morgan fingerprint density at radius 2 is 1.86 bits per heavy atom. The van der Waals surface area contributed by atoms with Crippen LogP contribution in [0.25, 0.3) is 17.1 Å². The van der Waals surface area contributed by atoms with Crippen molar-refractivity contribution in [3.05, 3.63) is 48.0 Å². The summed E-state index contributed by atoms with van der Waals surface area (Å²) < 4.78 is 6.81. The Hall–Kier alpha value is -2.89. The van der Waals surface area contributed by atoms with Gasteiger partial charge in [0.05, 0.1) is 12.8 Å². The first-order chi connectivity index (χ1) is 10.2. The summed E-state index contributed by atoms with van der Waals surface area (Å²) in [4.78, 5) is 0. The Balaban J connectivity index is 2.10. The molecule has 0 amide bonds. The van der Waals surface area contributed by atoms with E-state index in [4.69, 9.17) is 10.5 Å². The number of anilines is 1. The van der Waals surface area contributed by atoms with Crippen LogP contribution in [0.2, 0.25) is 0 Å². The SMILES string of the molecule is COc1ccc(-n2nnnc2-c2cccc(C)c2N)cc1. The number of nitrogen functional groups attached to an aromatic ring is 1. The predicted molar refractivity (Wildman–Crippen MR) is 80.3 cm³/mol. The molecule has 0 aliphatic carbocycles. The van der Waals surface area contributed by atoms with Crippen LogP contribution in [0.1, 0.15) is 5.56 Å². The van der Waals surface area contributed by atoms with Crippen LogP contribution in [0.3, 0.4) is 0 Å². The van der Waals surface area contributed by atoms with Crippen molar-refractivity contribution in [2.45, 2.75) is 6.92 Å². The molecule has 0 spiro atoms. The second kappa shape index (κ2) is 5.24. The van der Waals surface area contributed by atoms with Crippen LogP contribution >= 0.6 is 0 Å². The summed E-state index contributed by atoms with van der Waals surface area (Å²) in [6.45, 7) is 1.96. The highest BCUT2D eigenvalue weighted by Gasteiger charge is 2.14. The maximum atomic E-state index is 6.14. The zero-order valence-electron chi connectivity index (χ0n) is 11.8. The lowest BCUT2D eigenvalue weighted by molar-refractivity contribution is 0.414. The number of rotatable bonds is 3. The van der Waals surface area contributed by atoms with Gasteiger partial charge in [-0.2, -0.15) is 4.68 Å². The summed E-state index contributed by atoms with van der Waals surface area (Å²) in [6, 6.07) is 13.3. The average molecular weight is 281 g/mol. The van der Waals surface area contributed by atoms with Crippen LogP contribution in [0.15, 0.2) is 42.5 Å². The van der Waals surface area contributed by atoms with Crippen molar-refractivity contribution < 1.29 is 4.74 Å². The molecule has 0 atom stereocenters. The Kier molecular flexibility index (Phi) is 3.27. The van der Waals surface area contributed by atoms with Crippen molar-refractivity contribution >= 4 is 5.69 Å². The fourth-order valence-corrected chi connectivity index (χ4v) is 2.13. The lowest BCUT2D eigenvalue weighted by atomic mass is 10.1. The van der Waals surface area contributed by atoms with E-state index in [0.717, 1.165) is 22.6 Å². The number of nitrogens with zero attached hydrogens (tertiary/aromatic N) is 4. The standard InChI is InChI=1S/C15H15N5O/c1-10-4-3-5-13(14(10)16)15-17-18-19-20(15)11-6-8-12(21-2)9-7-11/h3-9H,16H2,1-2H3. The van der Waals surface area contributed by atoms with Gasteiger partial charge in [0.25, 0.3) is 0 Å². The second-order valence-corrected chi connectivity index (χ2v) is 4.65. The number of nitrogens with two attached hydrogens (primary N) is 1. The third-order valence-electron chi connectivity index (χ3n) is 3.35. The first kappa shape index (κ1) is 13.1. The number of hydrogen-bond donors (Lipinski definition) is 1. The third kappa shape index (κ3) is 2.31. The number of tetrazole rings is 1. The maximum absolute atomic E-state index is 6.14. The molecule has 106 valence electrons. The molecule has 0 bridgehead atoms. The summed E-state index contributed by atoms with van der Waals surface area (Å²) in [5.74, 6) is 1.39. The highest BCUT2D eigenvalue weighted by Crippen LogP contribution is 2.27. The second-order valence-electron chi connectivity index (χ2n) is 4.65. The van der Waals surface area contributed by atoms with Gasteiger partial charge in [-0.3, -0.25) is 0 Å². The van der Waals surface area contributed by atoms with Crippen LogP contribution in [-0.2, 0) is 0 Å². The lowest BCUT2D eigenvalue weighted by Crippen LogP contribution is -2.02. The van der Waals surface area contributed by atoms with E-state index in [1.54, 1.807) is 11.8 Å². The van der Waals surface area contributed by atoms with E-state index >= 15 is 0 Å². The molecule has 3 aromatic rings. The van der Waals surface area contributed by atoms with E-state index < -0.39 is 0 Å². The molecular formula is C15H15N5O. The summed E-state index contributed by atoms with van der Waals surface area (Å²) in [5.41, 5.74) is 9.48. The monoisotopic (exact) mass is 281 g/mol. The van der Waals surface area contributed by atoms with Crippen LogP contribution in [0, 0.1) is 6.92 Å². The molecule has 1 heterocycles. The van der Waals surface area contributed by atoms with Crippen LogP contribution in [0.5, 0.6) is 5.75 Å². The number of para-hydroxylation sites is 1. The summed E-state index contributed by atoms with van der Waals surface area (Å²) in [5, 5.41) is 11.9. The topological polar surface area (TPSA) is 78.8 Å². The quantitative estimate of drug-likeness (QED) is 0.745. The van der Waals surface area contributed by atoms with E-state index in [0.29, 0.717) is 11.5 Å². The Labute approximate surface area is 122 Å². The first-order valence-corrected chi connectivity index (χ1v) is 6.49. The van der Waals surface area contributed by atoms with Crippen LogP contribution < -0.4 is 10.5 Å². The van der Waals surface area contributed by atoms with Gasteiger partial charge in [0, 0.05) is 11.3 Å². The Morgan fingerprint density at radius 3 is 2.57 bits per heavy atom. The van der Waals surface area contributed by atoms with Gasteiger partial charge < -0.3 is 10.5 Å². The van der Waals surface area contributed by atoms with Crippen molar-refractivity contribution in [3.8, 4) is 22.8 Å². The summed E-state index contributed by atoms with van der Waals surface area (Å²) in [7, 11) is 1.63. The highest BCUT2D eigenvalue weighted by atomic mass is 16.5. The number of benzene rings is 2. The average Bonchev–Trinajstić information content (AvgIpc) is 2.99. The molecule has 2 aromatic carbocycles. The third-order valence-corrected chi connectivity index (χ3v) is 3.35. The lowest BCUT2D eigenvalue weighted by Gasteiger charge is -2.09. The van der Waals surface area contributed by atoms with E-state index in [-0.39, 0.29) is 0 Å². The van der Waals surface area contributed by atoms with E-state index in [1.807, 2.05) is 49.4 Å². The fraction of sp³-hybridized carbons (Fsp3) is 0.133. The molecule has 3 rings (SSSR count). The van der Waals surface area contributed by atoms with Gasteiger partial charge in [-0.15, -0.1) is 5.10 Å². The maximum Gasteiger partial charge on any atom is 0.189 e. The van der Waals surface area contributed by atoms with Gasteiger partial charge in [0.1, 0.15) is 5.75 Å². The minimum atomic E-state index is 0.612. The number of methoxy groups -OCH3 is 1. The molecule has 2 N–H and O–H groups in total. The first-order valence-electron chi connectivity index (χ1n) is 6.49. The molecule has 21 heavy (non-hydrogen) atoms. The summed E-state index contributed by atoms with van der Waals surface area (Å²) >= 11 is 0. The van der Waals surface area contributed by atoms with Crippen molar-refractivity contribution in [2.75, 3.05) is 12.8 Å². The normalized spacial score (nSPS) is 10.6. The molecule has 0 aliphatic rings. The molecule has 0 saturated carbocycles. The molecule has 0 unspecified atom stereocenters. The van der Waals surface area contributed by atoms with Gasteiger partial charge in [-0.1, -0.05) is 12.1 Å². The highest BCUT2D eigenvalue weighted by molar-refractivity contribution is 5.74. The van der Waals surface area contributed by atoms with Gasteiger partial charge >= 0.3 is 0 Å². The number of aryl methyl sites for hydroxylation is 1. The molecule has 0 aliphatic heterocycles. The van der Waals surface area contributed by atoms with Crippen molar-refractivity contribution in [1.29, 1.82) is 0 Å². The van der Waals surface area contributed by atoms with E-state index in [2.05, 4.69) is 15.5 Å². The minimum Gasteiger partial charge on any atom is -0.497 e. The van der Waals surface area contributed by atoms with E-state index in [9.17, 15) is 0 Å². The molecule has 0 radical (unpaired) electrons. The predicted octanol–water partition coefficient (Wildman–Crippen LogP) is 2.23. The van der Waals surface area contributed by atoms with Gasteiger partial charge in [-0.05, 0) is 53.2 Å².